The van der Waals surface area contributed by atoms with Crippen LogP contribution in [0.15, 0.2) is 66.7 Å². The van der Waals surface area contributed by atoms with Crippen molar-refractivity contribution >= 4 is 35.0 Å². The first-order valence-corrected chi connectivity index (χ1v) is 11.7. The van der Waals surface area contributed by atoms with Crippen molar-refractivity contribution in [2.75, 3.05) is 16.8 Å². The lowest BCUT2D eigenvalue weighted by Gasteiger charge is -2.14. The highest BCUT2D eigenvalue weighted by atomic mass is 16.5. The number of ether oxygens (including phenoxy) is 1. The van der Waals surface area contributed by atoms with Crippen molar-refractivity contribution in [1.29, 1.82) is 0 Å². The fourth-order valence-electron chi connectivity index (χ4n) is 3.80. The Bertz CT molecular complexity index is 1330. The maximum atomic E-state index is 13.1. The van der Waals surface area contributed by atoms with Gasteiger partial charge in [-0.05, 0) is 67.1 Å². The molecule has 8 nitrogen and oxygen atoms in total. The average Bonchev–Trinajstić information content (AvgIpc) is 3.12. The van der Waals surface area contributed by atoms with Gasteiger partial charge in [-0.15, -0.1) is 0 Å². The lowest BCUT2D eigenvalue weighted by molar-refractivity contribution is -0.118. The molecule has 0 bridgehead atoms. The molecule has 3 aromatic carbocycles. The van der Waals surface area contributed by atoms with Gasteiger partial charge >= 0.3 is 0 Å². The molecule has 8 heteroatoms. The van der Waals surface area contributed by atoms with Gasteiger partial charge in [-0.25, -0.2) is 4.90 Å². The Labute approximate surface area is 209 Å². The molecular weight excluding hydrogens is 458 g/mol. The molecule has 2 N–H and O–H groups in total. The van der Waals surface area contributed by atoms with Gasteiger partial charge in [0.25, 0.3) is 17.7 Å². The van der Waals surface area contributed by atoms with Gasteiger partial charge in [0.1, 0.15) is 5.75 Å². The molecule has 1 aliphatic heterocycles. The van der Waals surface area contributed by atoms with Crippen LogP contribution in [0, 0.1) is 5.92 Å². The van der Waals surface area contributed by atoms with E-state index in [9.17, 15) is 19.2 Å². The molecule has 0 radical (unpaired) electrons. The van der Waals surface area contributed by atoms with Crippen LogP contribution in [0.1, 0.15) is 57.4 Å². The quantitative estimate of drug-likeness (QED) is 0.460. The van der Waals surface area contributed by atoms with E-state index in [0.717, 1.165) is 10.5 Å². The number of imide groups is 1. The zero-order valence-electron chi connectivity index (χ0n) is 20.3. The summed E-state index contributed by atoms with van der Waals surface area (Å²) in [6.07, 6.45) is 0. The minimum Gasteiger partial charge on any atom is -0.494 e. The van der Waals surface area contributed by atoms with Gasteiger partial charge in [-0.1, -0.05) is 26.0 Å². The Kier molecular flexibility index (Phi) is 7.15. The van der Waals surface area contributed by atoms with E-state index in [1.807, 2.05) is 26.8 Å². The molecule has 1 heterocycles. The first-order chi connectivity index (χ1) is 17.3. The summed E-state index contributed by atoms with van der Waals surface area (Å²) in [4.78, 5) is 51.8. The van der Waals surface area contributed by atoms with Crippen LogP contribution in [0.25, 0.3) is 0 Å². The second kappa shape index (κ2) is 10.4. The monoisotopic (exact) mass is 485 g/mol. The van der Waals surface area contributed by atoms with Gasteiger partial charge in [-0.2, -0.15) is 0 Å². The topological polar surface area (TPSA) is 105 Å². The summed E-state index contributed by atoms with van der Waals surface area (Å²) in [5.41, 5.74) is 2.59. The van der Waals surface area contributed by atoms with E-state index in [1.54, 1.807) is 42.5 Å². The van der Waals surface area contributed by atoms with Crippen LogP contribution < -0.4 is 20.3 Å². The van der Waals surface area contributed by atoms with Gasteiger partial charge in [0.2, 0.25) is 5.91 Å². The Morgan fingerprint density at radius 1 is 0.917 bits per heavy atom. The molecule has 0 unspecified atom stereocenters. The normalized spacial score (nSPS) is 12.5. The van der Waals surface area contributed by atoms with Crippen LogP contribution in [0.3, 0.4) is 0 Å². The third-order valence-corrected chi connectivity index (χ3v) is 5.73. The van der Waals surface area contributed by atoms with Crippen LogP contribution >= 0.6 is 0 Å². The summed E-state index contributed by atoms with van der Waals surface area (Å²) >= 11 is 0. The molecular formula is C28H27N3O5. The number of carbonyl (C=O) groups is 4. The van der Waals surface area contributed by atoms with E-state index < -0.39 is 11.8 Å². The fourth-order valence-corrected chi connectivity index (χ4v) is 3.80. The SMILES string of the molecule is CCOc1ccc(N2C(=O)c3ccc(C(=O)NCc4cccc(NC(=O)C(C)C)c4)cc3C2=O)cc1. The fraction of sp³-hybridized carbons (Fsp3) is 0.214. The van der Waals surface area contributed by atoms with E-state index in [4.69, 9.17) is 4.74 Å². The summed E-state index contributed by atoms with van der Waals surface area (Å²) in [5.74, 6) is -0.895. The van der Waals surface area contributed by atoms with Crippen molar-refractivity contribution < 1.29 is 23.9 Å². The number of hydrogen-bond acceptors (Lipinski definition) is 5. The minimum atomic E-state index is -0.484. The summed E-state index contributed by atoms with van der Waals surface area (Å²) in [5, 5.41) is 5.65. The van der Waals surface area contributed by atoms with Crippen LogP contribution in [-0.2, 0) is 11.3 Å². The van der Waals surface area contributed by atoms with Gasteiger partial charge in [0.05, 0.1) is 23.4 Å². The van der Waals surface area contributed by atoms with Crippen molar-refractivity contribution in [3.8, 4) is 5.75 Å². The van der Waals surface area contributed by atoms with Gasteiger partial charge in [0, 0.05) is 23.7 Å². The molecule has 36 heavy (non-hydrogen) atoms. The van der Waals surface area contributed by atoms with Crippen LogP contribution in [0.2, 0.25) is 0 Å². The van der Waals surface area contributed by atoms with Crippen molar-refractivity contribution in [2.45, 2.75) is 27.3 Å². The van der Waals surface area contributed by atoms with Crippen molar-refractivity contribution in [1.82, 2.24) is 5.32 Å². The highest BCUT2D eigenvalue weighted by molar-refractivity contribution is 6.34. The molecule has 0 aromatic heterocycles. The number of nitrogens with one attached hydrogen (secondary N) is 2. The third kappa shape index (κ3) is 5.12. The first kappa shape index (κ1) is 24.7. The summed E-state index contributed by atoms with van der Waals surface area (Å²) < 4.78 is 5.42. The zero-order valence-corrected chi connectivity index (χ0v) is 20.3. The Balaban J connectivity index is 1.45. The van der Waals surface area contributed by atoms with E-state index in [0.29, 0.717) is 23.7 Å². The summed E-state index contributed by atoms with van der Waals surface area (Å²) in [7, 11) is 0. The number of benzene rings is 3. The van der Waals surface area contributed by atoms with E-state index in [-0.39, 0.29) is 41.0 Å². The average molecular weight is 486 g/mol. The maximum absolute atomic E-state index is 13.1. The van der Waals surface area contributed by atoms with Crippen LogP contribution in [0.4, 0.5) is 11.4 Å². The molecule has 4 rings (SSSR count). The molecule has 0 fully saturated rings. The van der Waals surface area contributed by atoms with Crippen LogP contribution in [-0.4, -0.2) is 30.2 Å². The van der Waals surface area contributed by atoms with Crippen molar-refractivity contribution in [3.63, 3.8) is 0 Å². The Morgan fingerprint density at radius 3 is 2.33 bits per heavy atom. The molecule has 0 spiro atoms. The van der Waals surface area contributed by atoms with E-state index >= 15 is 0 Å². The van der Waals surface area contributed by atoms with E-state index in [1.165, 1.54) is 18.2 Å². The number of nitrogens with zero attached hydrogens (tertiary/aromatic N) is 1. The minimum absolute atomic E-state index is 0.0900. The number of fused-ring (bicyclic) bond motifs is 1. The molecule has 3 aromatic rings. The second-order valence-electron chi connectivity index (χ2n) is 8.66. The summed E-state index contributed by atoms with van der Waals surface area (Å²) in [6.45, 7) is 6.23. The predicted molar refractivity (Wildman–Crippen MR) is 136 cm³/mol. The molecule has 0 atom stereocenters. The molecule has 4 amide bonds. The second-order valence-corrected chi connectivity index (χ2v) is 8.66. The number of carbonyl (C=O) groups excluding carboxylic acids is 4. The number of hydrogen-bond donors (Lipinski definition) is 2. The Morgan fingerprint density at radius 2 is 1.64 bits per heavy atom. The van der Waals surface area contributed by atoms with Gasteiger partial charge in [-0.3, -0.25) is 19.2 Å². The van der Waals surface area contributed by atoms with Crippen molar-refractivity contribution in [3.05, 3.63) is 89.0 Å². The number of amides is 4. The van der Waals surface area contributed by atoms with Crippen LogP contribution in [0.5, 0.6) is 5.75 Å². The third-order valence-electron chi connectivity index (χ3n) is 5.73. The molecule has 184 valence electrons. The van der Waals surface area contributed by atoms with Crippen molar-refractivity contribution in [2.24, 2.45) is 5.92 Å². The number of anilines is 2. The molecule has 0 aliphatic carbocycles. The molecule has 0 saturated heterocycles. The lowest BCUT2D eigenvalue weighted by atomic mass is 10.1. The molecule has 1 aliphatic rings. The smallest absolute Gasteiger partial charge is 0.266 e. The highest BCUT2D eigenvalue weighted by Gasteiger charge is 2.37. The lowest BCUT2D eigenvalue weighted by Crippen LogP contribution is -2.29. The van der Waals surface area contributed by atoms with Gasteiger partial charge in [0.15, 0.2) is 0 Å². The first-order valence-electron chi connectivity index (χ1n) is 11.7. The maximum Gasteiger partial charge on any atom is 0.266 e. The van der Waals surface area contributed by atoms with E-state index in [2.05, 4.69) is 10.6 Å². The van der Waals surface area contributed by atoms with Gasteiger partial charge < -0.3 is 15.4 Å². The summed E-state index contributed by atoms with van der Waals surface area (Å²) in [6, 6.07) is 18.4. The Hall–Kier alpha value is -4.46. The highest BCUT2D eigenvalue weighted by Crippen LogP contribution is 2.30. The number of rotatable bonds is 8. The largest absolute Gasteiger partial charge is 0.494 e. The zero-order chi connectivity index (χ0) is 25.8. The molecule has 0 saturated carbocycles. The standard InChI is InChI=1S/C28H27N3O5/c1-4-36-22-11-9-21(10-12-22)31-27(34)23-13-8-19(15-24(23)28(31)35)26(33)29-16-18-6-5-7-20(14-18)30-25(32)17(2)3/h5-15,17H,4,16H2,1-3H3,(H,29,33)(H,30,32). The predicted octanol–water partition coefficient (Wildman–Crippen LogP) is 4.41.